The quantitative estimate of drug-likeness (QED) is 0.424. The molecule has 0 bridgehead atoms. The Morgan fingerprint density at radius 1 is 1.55 bits per heavy atom. The highest BCUT2D eigenvalue weighted by Gasteiger charge is 2.20. The predicted octanol–water partition coefficient (Wildman–Crippen LogP) is 2.15. The summed E-state index contributed by atoms with van der Waals surface area (Å²) in [6, 6.07) is 2.06. The summed E-state index contributed by atoms with van der Waals surface area (Å²) in [5, 5.41) is 9.16. The Kier molecular flexibility index (Phi) is 7.13. The maximum absolute atomic E-state index is 11.8. The maximum Gasteiger partial charge on any atom is 0.340 e. The average Bonchev–Trinajstić information content (AvgIpc) is 2.71. The molecule has 0 unspecified atom stereocenters. The number of halogens is 1. The molecule has 0 aliphatic carbocycles. The van der Waals surface area contributed by atoms with E-state index in [1.807, 2.05) is 0 Å². The second kappa shape index (κ2) is 8.35. The molecular weight excluding hydrogens is 344 g/mol. The summed E-state index contributed by atoms with van der Waals surface area (Å²) < 4.78 is 12.5. The van der Waals surface area contributed by atoms with Crippen molar-refractivity contribution < 1.29 is 14.3 Å². The van der Waals surface area contributed by atoms with Gasteiger partial charge in [-0.3, -0.25) is 0 Å². The van der Waals surface area contributed by atoms with Gasteiger partial charge in [0.25, 0.3) is 0 Å². The molecule has 0 saturated carbocycles. The van der Waals surface area contributed by atoms with Crippen molar-refractivity contribution in [2.45, 2.75) is 13.7 Å². The fraction of sp³-hybridized carbons (Fsp3) is 0.538. The van der Waals surface area contributed by atoms with Gasteiger partial charge in [-0.2, -0.15) is 5.26 Å². The van der Waals surface area contributed by atoms with Gasteiger partial charge in [-0.1, -0.05) is 0 Å². The molecule has 7 heteroatoms. The predicted molar refractivity (Wildman–Crippen MR) is 82.8 cm³/mol. The van der Waals surface area contributed by atoms with E-state index in [2.05, 4.69) is 34.5 Å². The molecule has 20 heavy (non-hydrogen) atoms. The van der Waals surface area contributed by atoms with Crippen LogP contribution in [0.4, 0.5) is 0 Å². The lowest BCUT2D eigenvalue weighted by Gasteiger charge is -2.05. The van der Waals surface area contributed by atoms with Crippen molar-refractivity contribution in [2.24, 2.45) is 0 Å². The molecule has 1 aromatic heterocycles. The number of ether oxygens (including phenoxy) is 2. The Labute approximate surface area is 130 Å². The molecule has 0 spiro atoms. The van der Waals surface area contributed by atoms with Crippen LogP contribution in [0.3, 0.4) is 0 Å². The first-order chi connectivity index (χ1) is 9.51. The number of carbonyl (C=O) groups excluding carboxylic acids is 1. The smallest absolute Gasteiger partial charge is 0.340 e. The van der Waals surface area contributed by atoms with E-state index >= 15 is 0 Å². The van der Waals surface area contributed by atoms with Crippen LogP contribution in [-0.2, 0) is 27.1 Å². The van der Waals surface area contributed by atoms with Crippen molar-refractivity contribution in [3.63, 3.8) is 0 Å². The van der Waals surface area contributed by atoms with Crippen molar-refractivity contribution >= 4 is 32.8 Å². The Morgan fingerprint density at radius 3 is 2.80 bits per heavy atom. The lowest BCUT2D eigenvalue weighted by molar-refractivity contribution is 0.0524. The summed E-state index contributed by atoms with van der Waals surface area (Å²) in [4.78, 5) is 11.8. The van der Waals surface area contributed by atoms with Crippen LogP contribution in [0, 0.1) is 11.3 Å². The van der Waals surface area contributed by atoms with E-state index in [0.717, 1.165) is 5.75 Å². The largest absolute Gasteiger partial charge is 0.462 e. The van der Waals surface area contributed by atoms with Gasteiger partial charge in [-0.25, -0.2) is 4.79 Å². The third-order valence-electron chi connectivity index (χ3n) is 2.48. The van der Waals surface area contributed by atoms with Gasteiger partial charge in [-0.15, -0.1) is 0 Å². The lowest BCUT2D eigenvalue weighted by Crippen LogP contribution is -2.12. The summed E-state index contributed by atoms with van der Waals surface area (Å²) in [5.41, 5.74) is 0.706. The number of nitriles is 1. The third kappa shape index (κ3) is 4.54. The van der Waals surface area contributed by atoms with Crippen LogP contribution in [0.1, 0.15) is 23.0 Å². The summed E-state index contributed by atoms with van der Waals surface area (Å²) in [7, 11) is 0.328. The Hall–Kier alpha value is -0.970. The minimum Gasteiger partial charge on any atom is -0.462 e. The van der Waals surface area contributed by atoms with Crippen LogP contribution in [0.5, 0.6) is 0 Å². The van der Waals surface area contributed by atoms with Crippen molar-refractivity contribution in [2.75, 3.05) is 31.5 Å². The maximum atomic E-state index is 11.8. The van der Waals surface area contributed by atoms with Gasteiger partial charge in [-0.05, 0) is 33.7 Å². The molecule has 1 heterocycles. The number of rotatable bonds is 7. The Bertz CT molecular complexity index is 508. The van der Waals surface area contributed by atoms with E-state index in [1.165, 1.54) is 0 Å². The molecule has 0 fully saturated rings. The first-order valence-electron chi connectivity index (χ1n) is 6.09. The van der Waals surface area contributed by atoms with E-state index in [9.17, 15) is 4.79 Å². The summed E-state index contributed by atoms with van der Waals surface area (Å²) in [6.45, 7) is 2.91. The van der Waals surface area contributed by atoms with E-state index in [4.69, 9.17) is 14.7 Å². The molecule has 0 saturated heterocycles. The van der Waals surface area contributed by atoms with Crippen molar-refractivity contribution in [1.82, 2.24) is 4.57 Å². The van der Waals surface area contributed by atoms with E-state index < -0.39 is 5.97 Å². The normalized spacial score (nSPS) is 10.6. The zero-order chi connectivity index (χ0) is 15.1. The molecule has 0 aliphatic heterocycles. The lowest BCUT2D eigenvalue weighted by atomic mass is 10.3. The van der Waals surface area contributed by atoms with Gasteiger partial charge in [0.1, 0.15) is 24.2 Å². The first-order valence-corrected chi connectivity index (χ1v) is 9.09. The zero-order valence-electron chi connectivity index (χ0n) is 11.8. The standard InChI is InChI=1S/C13H18BrN2O3S/c1-4-19-13(17)10-8-16(11(7-15)12(10)14)9-18-5-6-20(2)3/h8H,4-6,9H2,1-3H3/q+1. The number of nitrogens with zero attached hydrogens (tertiary/aromatic N) is 2. The first kappa shape index (κ1) is 17.1. The fourth-order valence-electron chi connectivity index (χ4n) is 1.49. The highest BCUT2D eigenvalue weighted by Crippen LogP contribution is 2.24. The minimum absolute atomic E-state index is 0.248. The van der Waals surface area contributed by atoms with Crippen molar-refractivity contribution in [1.29, 1.82) is 5.26 Å². The van der Waals surface area contributed by atoms with Gasteiger partial charge in [0.05, 0.1) is 35.8 Å². The monoisotopic (exact) mass is 361 g/mol. The number of hydrogen-bond acceptors (Lipinski definition) is 4. The SMILES string of the molecule is CCOC(=O)c1cn(COCC[S+](C)C)c(C#N)c1Br. The van der Waals surface area contributed by atoms with Gasteiger partial charge in [0.15, 0.2) is 0 Å². The molecule has 0 aromatic carbocycles. The van der Waals surface area contributed by atoms with Crippen LogP contribution < -0.4 is 0 Å². The van der Waals surface area contributed by atoms with E-state index in [1.54, 1.807) is 17.7 Å². The molecule has 110 valence electrons. The average molecular weight is 362 g/mol. The fourth-order valence-corrected chi connectivity index (χ4v) is 2.52. The molecule has 0 N–H and O–H groups in total. The van der Waals surface area contributed by atoms with Crippen LogP contribution in [0.25, 0.3) is 0 Å². The summed E-state index contributed by atoms with van der Waals surface area (Å²) in [5.74, 6) is 0.535. The van der Waals surface area contributed by atoms with Crippen LogP contribution in [0.2, 0.25) is 0 Å². The van der Waals surface area contributed by atoms with Crippen molar-refractivity contribution in [3.8, 4) is 6.07 Å². The third-order valence-corrected chi connectivity index (χ3v) is 4.27. The Morgan fingerprint density at radius 2 is 2.25 bits per heavy atom. The second-order valence-electron chi connectivity index (χ2n) is 4.23. The zero-order valence-corrected chi connectivity index (χ0v) is 14.2. The molecule has 0 atom stereocenters. The molecular formula is C13H18BrN2O3S+. The molecule has 5 nitrogen and oxygen atoms in total. The van der Waals surface area contributed by atoms with E-state index in [0.29, 0.717) is 39.8 Å². The van der Waals surface area contributed by atoms with Gasteiger partial charge in [0.2, 0.25) is 0 Å². The van der Waals surface area contributed by atoms with Crippen LogP contribution in [-0.4, -0.2) is 42.0 Å². The van der Waals surface area contributed by atoms with Gasteiger partial charge in [0, 0.05) is 6.20 Å². The molecule has 0 amide bonds. The van der Waals surface area contributed by atoms with Crippen LogP contribution in [0.15, 0.2) is 10.7 Å². The summed E-state index contributed by atoms with van der Waals surface area (Å²) in [6.07, 6.45) is 5.88. The minimum atomic E-state index is -0.446. The molecule has 0 aliphatic rings. The highest BCUT2D eigenvalue weighted by molar-refractivity contribution is 9.10. The number of hydrogen-bond donors (Lipinski definition) is 0. The van der Waals surface area contributed by atoms with Gasteiger partial charge < -0.3 is 14.0 Å². The van der Waals surface area contributed by atoms with Gasteiger partial charge >= 0.3 is 5.97 Å². The number of aromatic nitrogens is 1. The molecule has 1 rings (SSSR count). The summed E-state index contributed by atoms with van der Waals surface area (Å²) >= 11 is 3.27. The van der Waals surface area contributed by atoms with E-state index in [-0.39, 0.29) is 6.73 Å². The molecule has 0 radical (unpaired) electrons. The molecule has 1 aromatic rings. The number of carbonyl (C=O) groups is 1. The Balaban J connectivity index is 2.78. The second-order valence-corrected chi connectivity index (χ2v) is 7.41. The highest BCUT2D eigenvalue weighted by atomic mass is 79.9. The van der Waals surface area contributed by atoms with Crippen LogP contribution >= 0.6 is 15.9 Å². The topological polar surface area (TPSA) is 64.2 Å². The number of esters is 1. The van der Waals surface area contributed by atoms with Crippen molar-refractivity contribution in [3.05, 3.63) is 21.9 Å².